The molecule has 2 saturated heterocycles. The van der Waals surface area contributed by atoms with Gasteiger partial charge in [-0.2, -0.15) is 26.3 Å². The SMILES string of the molecule is C[C@@H](O/C=C/[C@@]1(c2ccccc2)C[C@H](N2CCCC2=O)C(=O)N1)c1cc(C(F)(F)F)cc(C(F)(F)F)c1. The van der Waals surface area contributed by atoms with Crippen molar-refractivity contribution in [1.29, 1.82) is 0 Å². The summed E-state index contributed by atoms with van der Waals surface area (Å²) < 4.78 is 84.9. The molecule has 2 aliphatic heterocycles. The normalized spacial score (nSPS) is 23.5. The highest BCUT2D eigenvalue weighted by Crippen LogP contribution is 2.39. The quantitative estimate of drug-likeness (QED) is 0.387. The van der Waals surface area contributed by atoms with E-state index in [0.29, 0.717) is 37.1 Å². The molecular formula is C26H24F6N2O3. The molecule has 0 radical (unpaired) electrons. The van der Waals surface area contributed by atoms with E-state index in [0.717, 1.165) is 0 Å². The average molecular weight is 526 g/mol. The summed E-state index contributed by atoms with van der Waals surface area (Å²) in [5.74, 6) is -0.479. The van der Waals surface area contributed by atoms with E-state index >= 15 is 0 Å². The Morgan fingerprint density at radius 1 is 1.03 bits per heavy atom. The molecule has 2 aromatic rings. The van der Waals surface area contributed by atoms with Crippen molar-refractivity contribution in [1.82, 2.24) is 10.2 Å². The summed E-state index contributed by atoms with van der Waals surface area (Å²) >= 11 is 0. The molecule has 198 valence electrons. The Morgan fingerprint density at radius 2 is 1.65 bits per heavy atom. The van der Waals surface area contributed by atoms with E-state index in [1.807, 2.05) is 0 Å². The highest BCUT2D eigenvalue weighted by Gasteiger charge is 2.48. The predicted molar refractivity (Wildman–Crippen MR) is 121 cm³/mol. The van der Waals surface area contributed by atoms with Gasteiger partial charge >= 0.3 is 12.4 Å². The van der Waals surface area contributed by atoms with E-state index in [1.54, 1.807) is 30.3 Å². The minimum absolute atomic E-state index is 0.0598. The van der Waals surface area contributed by atoms with Crippen molar-refractivity contribution in [2.24, 2.45) is 0 Å². The number of halogens is 6. The Hall–Kier alpha value is -3.50. The first kappa shape index (κ1) is 26.6. The molecule has 1 N–H and O–H groups in total. The maximum Gasteiger partial charge on any atom is 0.416 e. The Bertz CT molecular complexity index is 1160. The number of nitrogens with one attached hydrogen (secondary N) is 1. The number of carbonyl (C=O) groups excluding carboxylic acids is 2. The highest BCUT2D eigenvalue weighted by molar-refractivity contribution is 5.91. The Kier molecular flexibility index (Phi) is 7.00. The Balaban J connectivity index is 1.61. The second-order valence-electron chi connectivity index (χ2n) is 9.16. The van der Waals surface area contributed by atoms with E-state index in [-0.39, 0.29) is 29.9 Å². The van der Waals surface area contributed by atoms with E-state index in [1.165, 1.54) is 24.2 Å². The van der Waals surface area contributed by atoms with Crippen LogP contribution in [-0.4, -0.2) is 29.3 Å². The van der Waals surface area contributed by atoms with Crippen molar-refractivity contribution in [3.63, 3.8) is 0 Å². The van der Waals surface area contributed by atoms with Gasteiger partial charge in [0, 0.05) is 19.4 Å². The number of nitrogens with zero attached hydrogens (tertiary/aromatic N) is 1. The fraction of sp³-hybridized carbons (Fsp3) is 0.385. The van der Waals surface area contributed by atoms with Gasteiger partial charge in [0.2, 0.25) is 11.8 Å². The van der Waals surface area contributed by atoms with Crippen molar-refractivity contribution >= 4 is 11.8 Å². The zero-order valence-corrected chi connectivity index (χ0v) is 19.7. The van der Waals surface area contributed by atoms with Crippen LogP contribution in [0.1, 0.15) is 54.5 Å². The van der Waals surface area contributed by atoms with Crippen LogP contribution in [0.15, 0.2) is 60.9 Å². The summed E-state index contributed by atoms with van der Waals surface area (Å²) in [6.07, 6.45) is -7.24. The van der Waals surface area contributed by atoms with Crippen LogP contribution in [0.25, 0.3) is 0 Å². The van der Waals surface area contributed by atoms with Crippen molar-refractivity contribution in [2.45, 2.75) is 56.2 Å². The topological polar surface area (TPSA) is 58.6 Å². The molecule has 2 heterocycles. The van der Waals surface area contributed by atoms with Gasteiger partial charge in [-0.05, 0) is 48.7 Å². The van der Waals surface area contributed by atoms with Crippen LogP contribution in [0.4, 0.5) is 26.3 Å². The van der Waals surface area contributed by atoms with Gasteiger partial charge in [-0.3, -0.25) is 9.59 Å². The number of benzene rings is 2. The second-order valence-corrected chi connectivity index (χ2v) is 9.16. The molecule has 0 spiro atoms. The lowest BCUT2D eigenvalue weighted by Crippen LogP contribution is -2.41. The summed E-state index contributed by atoms with van der Waals surface area (Å²) in [7, 11) is 0. The van der Waals surface area contributed by atoms with Crippen molar-refractivity contribution in [2.75, 3.05) is 6.54 Å². The van der Waals surface area contributed by atoms with Crippen LogP contribution in [0.3, 0.4) is 0 Å². The lowest BCUT2D eigenvalue weighted by molar-refractivity contribution is -0.143. The van der Waals surface area contributed by atoms with Crippen LogP contribution in [0, 0.1) is 0 Å². The fourth-order valence-corrected chi connectivity index (χ4v) is 4.70. The number of amides is 2. The minimum atomic E-state index is -4.97. The van der Waals surface area contributed by atoms with Gasteiger partial charge < -0.3 is 15.0 Å². The summed E-state index contributed by atoms with van der Waals surface area (Å²) in [5, 5.41) is 2.91. The largest absolute Gasteiger partial charge is 0.494 e. The van der Waals surface area contributed by atoms with Gasteiger partial charge in [-0.15, -0.1) is 0 Å². The fourth-order valence-electron chi connectivity index (χ4n) is 4.70. The number of carbonyl (C=O) groups is 2. The van der Waals surface area contributed by atoms with E-state index < -0.39 is 41.2 Å². The summed E-state index contributed by atoms with van der Waals surface area (Å²) in [4.78, 5) is 26.7. The molecule has 0 bridgehead atoms. The first-order valence-electron chi connectivity index (χ1n) is 11.6. The van der Waals surface area contributed by atoms with Crippen LogP contribution >= 0.6 is 0 Å². The number of hydrogen-bond acceptors (Lipinski definition) is 3. The minimum Gasteiger partial charge on any atom is -0.494 e. The lowest BCUT2D eigenvalue weighted by atomic mass is 9.87. The third kappa shape index (κ3) is 5.60. The van der Waals surface area contributed by atoms with E-state index in [2.05, 4.69) is 5.32 Å². The maximum absolute atomic E-state index is 13.2. The molecule has 5 nitrogen and oxygen atoms in total. The number of alkyl halides is 6. The van der Waals surface area contributed by atoms with Crippen LogP contribution in [-0.2, 0) is 32.2 Å². The van der Waals surface area contributed by atoms with Gasteiger partial charge in [0.05, 0.1) is 22.9 Å². The number of hydrogen-bond donors (Lipinski definition) is 1. The molecule has 3 atom stereocenters. The van der Waals surface area contributed by atoms with Crippen LogP contribution in [0.2, 0.25) is 0 Å². The van der Waals surface area contributed by atoms with Crippen molar-refractivity contribution < 1.29 is 40.7 Å². The molecule has 0 saturated carbocycles. The smallest absolute Gasteiger partial charge is 0.416 e. The highest BCUT2D eigenvalue weighted by atomic mass is 19.4. The molecule has 11 heteroatoms. The van der Waals surface area contributed by atoms with Gasteiger partial charge in [0.1, 0.15) is 12.1 Å². The zero-order valence-electron chi connectivity index (χ0n) is 19.7. The third-order valence-electron chi connectivity index (χ3n) is 6.65. The Labute approximate surface area is 209 Å². The van der Waals surface area contributed by atoms with Gasteiger partial charge in [0.15, 0.2) is 0 Å². The first-order valence-corrected chi connectivity index (χ1v) is 11.6. The third-order valence-corrected chi connectivity index (χ3v) is 6.65. The molecule has 2 amide bonds. The van der Waals surface area contributed by atoms with Gasteiger partial charge in [0.25, 0.3) is 0 Å². The molecule has 2 fully saturated rings. The Morgan fingerprint density at radius 3 is 2.19 bits per heavy atom. The molecule has 0 aromatic heterocycles. The predicted octanol–water partition coefficient (Wildman–Crippen LogP) is 5.72. The zero-order chi connectivity index (χ0) is 27.0. The maximum atomic E-state index is 13.2. The standard InChI is InChI=1S/C26H24F6N2O3/c1-16(17-12-19(25(27,28)29)14-20(13-17)26(30,31)32)37-11-9-24(18-6-3-2-4-7-18)15-21(23(36)33-24)34-10-5-8-22(34)35/h2-4,6-7,9,11-14,16,21H,5,8,10,15H2,1H3,(H,33,36)/b11-9+/t16-,21+,24+/m1/s1. The molecular weight excluding hydrogens is 502 g/mol. The van der Waals surface area contributed by atoms with Gasteiger partial charge in [-0.25, -0.2) is 0 Å². The number of rotatable bonds is 6. The molecule has 37 heavy (non-hydrogen) atoms. The molecule has 2 aliphatic rings. The molecule has 4 rings (SSSR count). The molecule has 0 aliphatic carbocycles. The van der Waals surface area contributed by atoms with E-state index in [4.69, 9.17) is 4.74 Å². The van der Waals surface area contributed by atoms with E-state index in [9.17, 15) is 35.9 Å². The molecule has 2 aromatic carbocycles. The summed E-state index contributed by atoms with van der Waals surface area (Å²) in [5.41, 5.74) is -3.58. The average Bonchev–Trinajstić information content (AvgIpc) is 3.41. The first-order chi connectivity index (χ1) is 17.3. The van der Waals surface area contributed by atoms with Crippen molar-refractivity contribution in [3.05, 3.63) is 83.1 Å². The number of ether oxygens (including phenoxy) is 1. The van der Waals surface area contributed by atoms with Crippen LogP contribution in [0.5, 0.6) is 0 Å². The van der Waals surface area contributed by atoms with Crippen LogP contribution < -0.4 is 5.32 Å². The van der Waals surface area contributed by atoms with Gasteiger partial charge in [-0.1, -0.05) is 30.3 Å². The monoisotopic (exact) mass is 526 g/mol. The van der Waals surface area contributed by atoms with Crippen molar-refractivity contribution in [3.8, 4) is 0 Å². The number of likely N-dealkylation sites (tertiary alicyclic amines) is 1. The lowest BCUT2D eigenvalue weighted by Gasteiger charge is -2.27. The second kappa shape index (κ2) is 9.75. The summed E-state index contributed by atoms with van der Waals surface area (Å²) in [6, 6.07) is 9.42. The summed E-state index contributed by atoms with van der Waals surface area (Å²) in [6.45, 7) is 1.78. The molecule has 0 unspecified atom stereocenters.